The Kier molecular flexibility index (Phi) is 8.56. The second kappa shape index (κ2) is 10.7. The minimum atomic E-state index is -0.344. The number of unbranched alkanes of at least 4 members (excludes halogenated alkanes) is 3. The van der Waals surface area contributed by atoms with Gasteiger partial charge in [0.2, 0.25) is 0 Å². The van der Waals surface area contributed by atoms with Crippen LogP contribution in [0.5, 0.6) is 0 Å². The molecule has 1 N–H and O–H groups in total. The number of ketones is 1. The number of aliphatic hydroxyl groups excluding tert-OH is 1. The molecule has 4 nitrogen and oxygen atoms in total. The molecule has 2 aliphatic rings. The summed E-state index contributed by atoms with van der Waals surface area (Å²) in [6.45, 7) is 2.13. The summed E-state index contributed by atoms with van der Waals surface area (Å²) < 4.78 is 4.68. The molecule has 0 spiro atoms. The van der Waals surface area contributed by atoms with Crippen LogP contribution in [0.4, 0.5) is 0 Å². The van der Waals surface area contributed by atoms with Crippen LogP contribution in [0.25, 0.3) is 0 Å². The third-order valence-corrected chi connectivity index (χ3v) is 5.89. The number of carbonyl (C=O) groups excluding carboxylic acids is 2. The van der Waals surface area contributed by atoms with Crippen molar-refractivity contribution in [3.63, 3.8) is 0 Å². The van der Waals surface area contributed by atoms with Gasteiger partial charge in [0.1, 0.15) is 0 Å². The Balaban J connectivity index is 1.92. The average molecular weight is 363 g/mol. The van der Waals surface area contributed by atoms with Crippen LogP contribution in [-0.4, -0.2) is 30.1 Å². The van der Waals surface area contributed by atoms with E-state index in [2.05, 4.69) is 17.7 Å². The van der Waals surface area contributed by atoms with E-state index in [4.69, 9.17) is 0 Å². The van der Waals surface area contributed by atoms with Gasteiger partial charge in [-0.25, -0.2) is 0 Å². The van der Waals surface area contributed by atoms with Crippen molar-refractivity contribution in [1.82, 2.24) is 0 Å². The fourth-order valence-corrected chi connectivity index (χ4v) is 4.51. The molecule has 26 heavy (non-hydrogen) atoms. The van der Waals surface area contributed by atoms with Gasteiger partial charge in [-0.2, -0.15) is 0 Å². The number of fused-ring (bicyclic) bond motifs is 1. The standard InChI is InChI=1S/C22H34O4/c1-3-4-5-9-18(23)13-14-19-20(24)15-17-12-11-16(22(17)19)8-6-7-10-21(25)26-2/h8,13-14,17,19-20,22,24H,3-7,9-12,15H2,1-2H3/t17-,19-,20+,22+/m1/s1. The molecule has 0 amide bonds. The molecular weight excluding hydrogens is 328 g/mol. The molecule has 0 saturated heterocycles. The molecule has 0 radical (unpaired) electrons. The first-order valence-corrected chi connectivity index (χ1v) is 10.2. The normalized spacial score (nSPS) is 29.4. The largest absolute Gasteiger partial charge is 0.469 e. The molecule has 4 heteroatoms. The van der Waals surface area contributed by atoms with Gasteiger partial charge in [-0.15, -0.1) is 0 Å². The van der Waals surface area contributed by atoms with E-state index in [0.29, 0.717) is 24.7 Å². The highest BCUT2D eigenvalue weighted by Gasteiger charge is 2.45. The second-order valence-electron chi connectivity index (χ2n) is 7.73. The first kappa shape index (κ1) is 20.9. The van der Waals surface area contributed by atoms with Crippen LogP contribution in [0.3, 0.4) is 0 Å². The molecule has 0 aromatic rings. The smallest absolute Gasteiger partial charge is 0.305 e. The van der Waals surface area contributed by atoms with Crippen LogP contribution in [0.15, 0.2) is 23.8 Å². The van der Waals surface area contributed by atoms with Gasteiger partial charge < -0.3 is 9.84 Å². The maximum absolute atomic E-state index is 12.0. The molecule has 2 saturated carbocycles. The Bertz CT molecular complexity index is 534. The molecule has 2 rings (SSSR count). The van der Waals surface area contributed by atoms with Gasteiger partial charge in [-0.05, 0) is 56.4 Å². The quantitative estimate of drug-likeness (QED) is 0.271. The first-order chi connectivity index (χ1) is 12.6. The predicted octanol–water partition coefficient (Wildman–Crippen LogP) is 4.37. The lowest BCUT2D eigenvalue weighted by Crippen LogP contribution is -2.18. The number of aliphatic hydroxyl groups is 1. The van der Waals surface area contributed by atoms with Crippen molar-refractivity contribution < 1.29 is 19.4 Å². The summed E-state index contributed by atoms with van der Waals surface area (Å²) in [6.07, 6.45) is 14.5. The lowest BCUT2D eigenvalue weighted by Gasteiger charge is -2.19. The summed E-state index contributed by atoms with van der Waals surface area (Å²) in [6, 6.07) is 0. The molecule has 0 aliphatic heterocycles. The summed E-state index contributed by atoms with van der Waals surface area (Å²) in [7, 11) is 1.42. The van der Waals surface area contributed by atoms with Crippen LogP contribution in [0, 0.1) is 17.8 Å². The van der Waals surface area contributed by atoms with E-state index in [0.717, 1.165) is 51.4 Å². The van der Waals surface area contributed by atoms with Gasteiger partial charge in [-0.3, -0.25) is 9.59 Å². The maximum atomic E-state index is 12.0. The van der Waals surface area contributed by atoms with Gasteiger partial charge in [0.15, 0.2) is 5.78 Å². The van der Waals surface area contributed by atoms with Gasteiger partial charge in [0, 0.05) is 18.8 Å². The molecule has 2 aliphatic carbocycles. The number of allylic oxidation sites excluding steroid dienone is 3. The fraction of sp³-hybridized carbons (Fsp3) is 0.727. The number of carbonyl (C=O) groups is 2. The third-order valence-electron chi connectivity index (χ3n) is 5.89. The second-order valence-corrected chi connectivity index (χ2v) is 7.73. The van der Waals surface area contributed by atoms with Crippen molar-refractivity contribution in [2.75, 3.05) is 7.11 Å². The van der Waals surface area contributed by atoms with Crippen LogP contribution in [0.2, 0.25) is 0 Å². The van der Waals surface area contributed by atoms with Crippen molar-refractivity contribution in [1.29, 1.82) is 0 Å². The third kappa shape index (κ3) is 5.80. The van der Waals surface area contributed by atoms with E-state index in [9.17, 15) is 14.7 Å². The van der Waals surface area contributed by atoms with Crippen LogP contribution < -0.4 is 0 Å². The summed E-state index contributed by atoms with van der Waals surface area (Å²) in [5.41, 5.74) is 1.41. The molecule has 0 aromatic heterocycles. The van der Waals surface area contributed by atoms with E-state index in [-0.39, 0.29) is 23.8 Å². The summed E-state index contributed by atoms with van der Waals surface area (Å²) in [5, 5.41) is 10.5. The molecule has 4 atom stereocenters. The highest BCUT2D eigenvalue weighted by molar-refractivity contribution is 5.89. The zero-order valence-electron chi connectivity index (χ0n) is 16.3. The molecule has 0 heterocycles. The van der Waals surface area contributed by atoms with Gasteiger partial charge in [-0.1, -0.05) is 37.5 Å². The number of ether oxygens (including phenoxy) is 1. The number of hydrogen-bond donors (Lipinski definition) is 1. The summed E-state index contributed by atoms with van der Waals surface area (Å²) in [5.74, 6) is 0.969. The van der Waals surface area contributed by atoms with Crippen LogP contribution >= 0.6 is 0 Å². The molecular formula is C22H34O4. The SMILES string of the molecule is CCCCCC(=O)C=C[C@H]1[C@H]2C(=CCCCC(=O)OC)CC[C@@H]2C[C@@H]1O. The maximum Gasteiger partial charge on any atom is 0.305 e. The lowest BCUT2D eigenvalue weighted by molar-refractivity contribution is -0.140. The highest BCUT2D eigenvalue weighted by atomic mass is 16.5. The van der Waals surface area contributed by atoms with Crippen LogP contribution in [0.1, 0.15) is 71.1 Å². The fourth-order valence-electron chi connectivity index (χ4n) is 4.51. The molecule has 146 valence electrons. The Morgan fingerprint density at radius 3 is 2.77 bits per heavy atom. The van der Waals surface area contributed by atoms with Gasteiger partial charge in [0.05, 0.1) is 13.2 Å². The Morgan fingerprint density at radius 1 is 1.23 bits per heavy atom. The van der Waals surface area contributed by atoms with E-state index < -0.39 is 0 Å². The Labute approximate surface area is 157 Å². The predicted molar refractivity (Wildman–Crippen MR) is 103 cm³/mol. The molecule has 2 fully saturated rings. The van der Waals surface area contributed by atoms with Crippen LogP contribution in [-0.2, 0) is 14.3 Å². The minimum absolute atomic E-state index is 0.0597. The highest BCUT2D eigenvalue weighted by Crippen LogP contribution is 2.51. The summed E-state index contributed by atoms with van der Waals surface area (Å²) in [4.78, 5) is 23.2. The van der Waals surface area contributed by atoms with Crippen molar-refractivity contribution in [2.24, 2.45) is 17.8 Å². The average Bonchev–Trinajstić information content (AvgIpc) is 3.15. The Morgan fingerprint density at radius 2 is 2.04 bits per heavy atom. The van der Waals surface area contributed by atoms with Gasteiger partial charge in [0.25, 0.3) is 0 Å². The topological polar surface area (TPSA) is 63.6 Å². The zero-order valence-corrected chi connectivity index (χ0v) is 16.3. The lowest BCUT2D eigenvalue weighted by atomic mass is 9.86. The number of hydrogen-bond acceptors (Lipinski definition) is 4. The minimum Gasteiger partial charge on any atom is -0.469 e. The van der Waals surface area contributed by atoms with Crippen molar-refractivity contribution >= 4 is 11.8 Å². The molecule has 0 bridgehead atoms. The monoisotopic (exact) mass is 362 g/mol. The van der Waals surface area contributed by atoms with E-state index in [1.54, 1.807) is 6.08 Å². The number of rotatable bonds is 10. The summed E-state index contributed by atoms with van der Waals surface area (Å²) >= 11 is 0. The zero-order chi connectivity index (χ0) is 18.9. The van der Waals surface area contributed by atoms with Crippen molar-refractivity contribution in [2.45, 2.75) is 77.2 Å². The number of methoxy groups -OCH3 is 1. The van der Waals surface area contributed by atoms with Gasteiger partial charge >= 0.3 is 5.97 Å². The molecule has 0 aromatic carbocycles. The number of esters is 1. The van der Waals surface area contributed by atoms with E-state index >= 15 is 0 Å². The van der Waals surface area contributed by atoms with Crippen molar-refractivity contribution in [3.8, 4) is 0 Å². The van der Waals surface area contributed by atoms with Crippen molar-refractivity contribution in [3.05, 3.63) is 23.8 Å². The van der Waals surface area contributed by atoms with E-state index in [1.165, 1.54) is 12.7 Å². The Hall–Kier alpha value is -1.42. The molecule has 0 unspecified atom stereocenters. The van der Waals surface area contributed by atoms with E-state index in [1.807, 2.05) is 6.08 Å². The first-order valence-electron chi connectivity index (χ1n) is 10.2.